The fraction of sp³-hybridized carbons (Fsp3) is 0.174. The van der Waals surface area contributed by atoms with E-state index in [9.17, 15) is 9.59 Å². The molecule has 140 valence electrons. The highest BCUT2D eigenvalue weighted by Crippen LogP contribution is 2.20. The van der Waals surface area contributed by atoms with E-state index in [1.807, 2.05) is 43.3 Å². The first kappa shape index (κ1) is 17.9. The molecule has 0 fully saturated rings. The molecule has 5 heteroatoms. The summed E-state index contributed by atoms with van der Waals surface area (Å²) in [6.45, 7) is 2.39. The van der Waals surface area contributed by atoms with Gasteiger partial charge in [0.25, 0.3) is 0 Å². The molecule has 4 rings (SSSR count). The lowest BCUT2D eigenvalue weighted by atomic mass is 10.0. The van der Waals surface area contributed by atoms with Crippen molar-refractivity contribution in [3.05, 3.63) is 88.7 Å². The second-order valence-electron chi connectivity index (χ2n) is 6.89. The number of nitrogens with zero attached hydrogens (tertiary/aromatic N) is 2. The third-order valence-corrected chi connectivity index (χ3v) is 4.96. The summed E-state index contributed by atoms with van der Waals surface area (Å²) in [5, 5.41) is 10.2. The Labute approximate surface area is 162 Å². The monoisotopic (exact) mass is 371 g/mol. The van der Waals surface area contributed by atoms with Crippen LogP contribution in [0.5, 0.6) is 0 Å². The van der Waals surface area contributed by atoms with Crippen molar-refractivity contribution in [3.63, 3.8) is 0 Å². The van der Waals surface area contributed by atoms with E-state index >= 15 is 0 Å². The first-order valence-electron chi connectivity index (χ1n) is 9.35. The zero-order valence-corrected chi connectivity index (χ0v) is 15.6. The van der Waals surface area contributed by atoms with E-state index in [4.69, 9.17) is 0 Å². The maximum atomic E-state index is 12.5. The van der Waals surface area contributed by atoms with Gasteiger partial charge in [0.1, 0.15) is 0 Å². The quantitative estimate of drug-likeness (QED) is 0.580. The van der Waals surface area contributed by atoms with E-state index in [1.54, 1.807) is 10.7 Å². The molecule has 1 heterocycles. The van der Waals surface area contributed by atoms with Crippen LogP contribution in [0.25, 0.3) is 21.7 Å². The number of hydrogen-bond donors (Lipinski definition) is 1. The molecule has 0 spiro atoms. The zero-order valence-electron chi connectivity index (χ0n) is 15.6. The van der Waals surface area contributed by atoms with Crippen LogP contribution in [-0.4, -0.2) is 15.7 Å². The molecule has 3 aromatic carbocycles. The molecule has 1 atom stereocenters. The fourth-order valence-electron chi connectivity index (χ4n) is 3.42. The van der Waals surface area contributed by atoms with Crippen LogP contribution in [0.15, 0.2) is 77.7 Å². The molecule has 0 aliphatic heterocycles. The summed E-state index contributed by atoms with van der Waals surface area (Å²) >= 11 is 0. The van der Waals surface area contributed by atoms with Crippen molar-refractivity contribution in [2.45, 2.75) is 25.9 Å². The van der Waals surface area contributed by atoms with E-state index in [0.29, 0.717) is 11.9 Å². The zero-order chi connectivity index (χ0) is 19.5. The third-order valence-electron chi connectivity index (χ3n) is 4.96. The minimum atomic E-state index is -0.110. The van der Waals surface area contributed by atoms with Crippen LogP contribution in [-0.2, 0) is 11.3 Å². The standard InChI is InChI=1S/C23H21N3O2/c1-16(18-11-10-17-6-2-3-7-19(17)14-18)25-23(28)12-13-26-21-9-5-4-8-20(21)22(27)15-24-26/h2-11,14-16H,12-13H2,1H3,(H,25,28). The number of amides is 1. The molecule has 0 saturated heterocycles. The van der Waals surface area contributed by atoms with Gasteiger partial charge in [-0.1, -0.05) is 48.5 Å². The van der Waals surface area contributed by atoms with Gasteiger partial charge in [-0.05, 0) is 41.5 Å². The highest BCUT2D eigenvalue weighted by molar-refractivity contribution is 5.83. The van der Waals surface area contributed by atoms with E-state index < -0.39 is 0 Å². The molecule has 1 N–H and O–H groups in total. The van der Waals surface area contributed by atoms with E-state index in [0.717, 1.165) is 16.5 Å². The lowest BCUT2D eigenvalue weighted by molar-refractivity contribution is -0.122. The van der Waals surface area contributed by atoms with Gasteiger partial charge in [-0.3, -0.25) is 14.3 Å². The molecule has 0 radical (unpaired) electrons. The molecule has 0 saturated carbocycles. The summed E-state index contributed by atoms with van der Waals surface area (Å²) in [5.74, 6) is -0.0507. The second-order valence-corrected chi connectivity index (χ2v) is 6.89. The summed E-state index contributed by atoms with van der Waals surface area (Å²) in [5.41, 5.74) is 1.70. The lowest BCUT2D eigenvalue weighted by Crippen LogP contribution is -2.28. The number of hydrogen-bond acceptors (Lipinski definition) is 3. The molecule has 1 amide bonds. The number of para-hydroxylation sites is 1. The average Bonchev–Trinajstić information content (AvgIpc) is 2.73. The highest BCUT2D eigenvalue weighted by Gasteiger charge is 2.11. The molecule has 0 aliphatic carbocycles. The molecular formula is C23H21N3O2. The van der Waals surface area contributed by atoms with Gasteiger partial charge < -0.3 is 5.32 Å². The van der Waals surface area contributed by atoms with Crippen molar-refractivity contribution in [3.8, 4) is 0 Å². The van der Waals surface area contributed by atoms with Crippen molar-refractivity contribution in [2.75, 3.05) is 0 Å². The topological polar surface area (TPSA) is 64.0 Å². The van der Waals surface area contributed by atoms with Gasteiger partial charge in [0, 0.05) is 11.8 Å². The SMILES string of the molecule is CC(NC(=O)CCn1ncc(=O)c2ccccc21)c1ccc2ccccc2c1. The highest BCUT2D eigenvalue weighted by atomic mass is 16.1. The molecule has 1 unspecified atom stereocenters. The van der Waals surface area contributed by atoms with Crippen LogP contribution < -0.4 is 10.7 Å². The summed E-state index contributed by atoms with van der Waals surface area (Å²) in [4.78, 5) is 24.4. The Morgan fingerprint density at radius 2 is 1.79 bits per heavy atom. The molecule has 1 aromatic heterocycles. The van der Waals surface area contributed by atoms with Gasteiger partial charge in [0.15, 0.2) is 0 Å². The van der Waals surface area contributed by atoms with E-state index in [-0.39, 0.29) is 23.8 Å². The molecule has 5 nitrogen and oxygen atoms in total. The van der Waals surface area contributed by atoms with Crippen LogP contribution in [0.2, 0.25) is 0 Å². The number of carbonyl (C=O) groups is 1. The predicted octanol–water partition coefficient (Wildman–Crippen LogP) is 3.82. The number of carbonyl (C=O) groups excluding carboxylic acids is 1. The molecule has 0 bridgehead atoms. The molecule has 28 heavy (non-hydrogen) atoms. The molecule has 0 aliphatic rings. The third kappa shape index (κ3) is 3.64. The summed E-state index contributed by atoms with van der Waals surface area (Å²) in [6.07, 6.45) is 1.59. The Hall–Kier alpha value is -3.47. The Morgan fingerprint density at radius 1 is 1.04 bits per heavy atom. The summed E-state index contributed by atoms with van der Waals surface area (Å²) in [7, 11) is 0. The predicted molar refractivity (Wildman–Crippen MR) is 111 cm³/mol. The number of aryl methyl sites for hydroxylation is 1. The van der Waals surface area contributed by atoms with Gasteiger partial charge in [0.2, 0.25) is 11.3 Å². The number of rotatable bonds is 5. The Kier molecular flexibility index (Phi) is 4.89. The normalized spacial score (nSPS) is 12.2. The molecule has 4 aromatic rings. The van der Waals surface area contributed by atoms with Gasteiger partial charge in [-0.25, -0.2) is 0 Å². The van der Waals surface area contributed by atoms with Crippen molar-refractivity contribution in [1.29, 1.82) is 0 Å². The first-order chi connectivity index (χ1) is 13.6. The second kappa shape index (κ2) is 7.64. The van der Waals surface area contributed by atoms with Crippen LogP contribution in [0, 0.1) is 0 Å². The minimum Gasteiger partial charge on any atom is -0.350 e. The number of nitrogens with one attached hydrogen (secondary N) is 1. The maximum Gasteiger partial charge on any atom is 0.222 e. The largest absolute Gasteiger partial charge is 0.350 e. The van der Waals surface area contributed by atoms with Gasteiger partial charge in [0.05, 0.1) is 24.3 Å². The van der Waals surface area contributed by atoms with Crippen molar-refractivity contribution >= 4 is 27.6 Å². The molecular weight excluding hydrogens is 350 g/mol. The fourth-order valence-corrected chi connectivity index (χ4v) is 3.42. The van der Waals surface area contributed by atoms with Crippen LogP contribution in [0.1, 0.15) is 24.9 Å². The van der Waals surface area contributed by atoms with E-state index in [1.165, 1.54) is 11.6 Å². The van der Waals surface area contributed by atoms with Crippen LogP contribution in [0.3, 0.4) is 0 Å². The van der Waals surface area contributed by atoms with Crippen LogP contribution in [0.4, 0.5) is 0 Å². The van der Waals surface area contributed by atoms with Gasteiger partial charge >= 0.3 is 0 Å². The van der Waals surface area contributed by atoms with Gasteiger partial charge in [-0.15, -0.1) is 0 Å². The van der Waals surface area contributed by atoms with E-state index in [2.05, 4.69) is 34.7 Å². The van der Waals surface area contributed by atoms with Crippen LogP contribution >= 0.6 is 0 Å². The lowest BCUT2D eigenvalue weighted by Gasteiger charge is -2.16. The Balaban J connectivity index is 1.44. The number of fused-ring (bicyclic) bond motifs is 2. The number of benzene rings is 3. The van der Waals surface area contributed by atoms with Crippen molar-refractivity contribution < 1.29 is 4.79 Å². The van der Waals surface area contributed by atoms with Crippen molar-refractivity contribution in [2.24, 2.45) is 0 Å². The average molecular weight is 371 g/mol. The minimum absolute atomic E-state index is 0.0507. The first-order valence-corrected chi connectivity index (χ1v) is 9.35. The Morgan fingerprint density at radius 3 is 2.64 bits per heavy atom. The smallest absolute Gasteiger partial charge is 0.222 e. The maximum absolute atomic E-state index is 12.5. The Bertz CT molecular complexity index is 1210. The number of aromatic nitrogens is 2. The summed E-state index contributed by atoms with van der Waals surface area (Å²) < 4.78 is 1.71. The van der Waals surface area contributed by atoms with Gasteiger partial charge in [-0.2, -0.15) is 5.10 Å². The van der Waals surface area contributed by atoms with Crippen molar-refractivity contribution in [1.82, 2.24) is 15.1 Å². The summed E-state index contributed by atoms with van der Waals surface area (Å²) in [6, 6.07) is 21.6.